The standard InChI is InChI=1S/C12H18N2O/c1-15-10-9-14-8-4-7-13-11-5-2-3-6-12(11)14/h2-3,5-6,13H,4,7-10H2,1H3. The molecule has 0 saturated heterocycles. The highest BCUT2D eigenvalue weighted by atomic mass is 16.5. The Hall–Kier alpha value is -1.22. The van der Waals surface area contributed by atoms with Crippen LogP contribution in [0.1, 0.15) is 6.42 Å². The van der Waals surface area contributed by atoms with E-state index in [1.807, 2.05) is 0 Å². The summed E-state index contributed by atoms with van der Waals surface area (Å²) in [5, 5.41) is 3.45. The van der Waals surface area contributed by atoms with Crippen molar-refractivity contribution in [1.82, 2.24) is 0 Å². The Labute approximate surface area is 91.0 Å². The fourth-order valence-corrected chi connectivity index (χ4v) is 1.95. The Balaban J connectivity index is 2.17. The number of fused-ring (bicyclic) bond motifs is 1. The summed E-state index contributed by atoms with van der Waals surface area (Å²) in [7, 11) is 1.75. The molecule has 82 valence electrons. The maximum atomic E-state index is 5.14. The summed E-state index contributed by atoms with van der Waals surface area (Å²) in [4.78, 5) is 2.39. The zero-order valence-electron chi connectivity index (χ0n) is 9.20. The molecule has 1 heterocycles. The zero-order chi connectivity index (χ0) is 10.5. The molecule has 0 fully saturated rings. The van der Waals surface area contributed by atoms with Gasteiger partial charge in [0.1, 0.15) is 0 Å². The molecule has 1 aromatic rings. The summed E-state index contributed by atoms with van der Waals surface area (Å²) in [5.41, 5.74) is 2.54. The first-order valence-electron chi connectivity index (χ1n) is 5.48. The number of methoxy groups -OCH3 is 1. The van der Waals surface area contributed by atoms with Gasteiger partial charge in [-0.25, -0.2) is 0 Å². The van der Waals surface area contributed by atoms with Crippen LogP contribution >= 0.6 is 0 Å². The monoisotopic (exact) mass is 206 g/mol. The lowest BCUT2D eigenvalue weighted by Crippen LogP contribution is -2.27. The van der Waals surface area contributed by atoms with Gasteiger partial charge in [0.25, 0.3) is 0 Å². The molecule has 1 aromatic carbocycles. The maximum Gasteiger partial charge on any atom is 0.0637 e. The van der Waals surface area contributed by atoms with E-state index >= 15 is 0 Å². The van der Waals surface area contributed by atoms with Crippen LogP contribution in [0.2, 0.25) is 0 Å². The maximum absolute atomic E-state index is 5.14. The average Bonchev–Trinajstić information content (AvgIpc) is 2.49. The van der Waals surface area contributed by atoms with Crippen LogP contribution in [0.15, 0.2) is 24.3 Å². The molecule has 0 saturated carbocycles. The summed E-state index contributed by atoms with van der Waals surface area (Å²) in [6.07, 6.45) is 1.18. The molecule has 3 nitrogen and oxygen atoms in total. The number of para-hydroxylation sites is 2. The van der Waals surface area contributed by atoms with Crippen LogP contribution < -0.4 is 10.2 Å². The number of nitrogens with zero attached hydrogens (tertiary/aromatic N) is 1. The zero-order valence-corrected chi connectivity index (χ0v) is 9.20. The summed E-state index contributed by atoms with van der Waals surface area (Å²) in [5.74, 6) is 0. The highest BCUT2D eigenvalue weighted by Gasteiger charge is 2.13. The quantitative estimate of drug-likeness (QED) is 0.818. The minimum atomic E-state index is 0.786. The van der Waals surface area contributed by atoms with Gasteiger partial charge in [0, 0.05) is 26.7 Å². The van der Waals surface area contributed by atoms with E-state index in [1.54, 1.807) is 7.11 Å². The van der Waals surface area contributed by atoms with Crippen molar-refractivity contribution in [3.05, 3.63) is 24.3 Å². The molecule has 0 radical (unpaired) electrons. The summed E-state index contributed by atoms with van der Waals surface area (Å²) in [6, 6.07) is 8.47. The predicted octanol–water partition coefficient (Wildman–Crippen LogP) is 1.95. The molecule has 3 heteroatoms. The second-order valence-electron chi connectivity index (χ2n) is 3.78. The SMILES string of the molecule is COCCN1CCCNc2ccccc21. The highest BCUT2D eigenvalue weighted by Crippen LogP contribution is 2.27. The van der Waals surface area contributed by atoms with Crippen molar-refractivity contribution in [2.45, 2.75) is 6.42 Å². The number of hydrogen-bond acceptors (Lipinski definition) is 3. The van der Waals surface area contributed by atoms with Gasteiger partial charge < -0.3 is 15.0 Å². The molecule has 1 aliphatic rings. The Morgan fingerprint density at radius 2 is 2.27 bits per heavy atom. The van der Waals surface area contributed by atoms with Gasteiger partial charge in [0.15, 0.2) is 0 Å². The van der Waals surface area contributed by atoms with Gasteiger partial charge in [-0.1, -0.05) is 12.1 Å². The lowest BCUT2D eigenvalue weighted by atomic mass is 10.2. The molecule has 0 unspecified atom stereocenters. The first kappa shape index (κ1) is 10.3. The van der Waals surface area contributed by atoms with E-state index in [2.05, 4.69) is 34.5 Å². The van der Waals surface area contributed by atoms with Crippen molar-refractivity contribution < 1.29 is 4.74 Å². The van der Waals surface area contributed by atoms with Crippen molar-refractivity contribution in [3.63, 3.8) is 0 Å². The molecule has 1 N–H and O–H groups in total. The van der Waals surface area contributed by atoms with Crippen LogP contribution in [-0.2, 0) is 4.74 Å². The Morgan fingerprint density at radius 1 is 1.40 bits per heavy atom. The highest BCUT2D eigenvalue weighted by molar-refractivity contribution is 5.70. The molecule has 0 aliphatic carbocycles. The molecule has 0 amide bonds. The number of hydrogen-bond donors (Lipinski definition) is 1. The predicted molar refractivity (Wildman–Crippen MR) is 63.6 cm³/mol. The smallest absolute Gasteiger partial charge is 0.0637 e. The van der Waals surface area contributed by atoms with Crippen molar-refractivity contribution >= 4 is 11.4 Å². The minimum Gasteiger partial charge on any atom is -0.383 e. The summed E-state index contributed by atoms with van der Waals surface area (Å²) in [6.45, 7) is 3.91. The number of anilines is 2. The van der Waals surface area contributed by atoms with Gasteiger partial charge >= 0.3 is 0 Å². The summed E-state index contributed by atoms with van der Waals surface area (Å²) >= 11 is 0. The van der Waals surface area contributed by atoms with Crippen LogP contribution in [0.3, 0.4) is 0 Å². The largest absolute Gasteiger partial charge is 0.383 e. The summed E-state index contributed by atoms with van der Waals surface area (Å²) < 4.78 is 5.14. The van der Waals surface area contributed by atoms with E-state index in [1.165, 1.54) is 17.8 Å². The van der Waals surface area contributed by atoms with Crippen molar-refractivity contribution in [2.24, 2.45) is 0 Å². The molecule has 0 spiro atoms. The molecule has 0 atom stereocenters. The van der Waals surface area contributed by atoms with Gasteiger partial charge in [0.2, 0.25) is 0 Å². The molecule has 2 rings (SSSR count). The third-order valence-electron chi connectivity index (χ3n) is 2.73. The number of rotatable bonds is 3. The first-order valence-corrected chi connectivity index (χ1v) is 5.48. The number of nitrogens with one attached hydrogen (secondary N) is 1. The first-order chi connectivity index (χ1) is 7.42. The minimum absolute atomic E-state index is 0.786. The topological polar surface area (TPSA) is 24.5 Å². The average molecular weight is 206 g/mol. The van der Waals surface area contributed by atoms with E-state index < -0.39 is 0 Å². The van der Waals surface area contributed by atoms with Crippen molar-refractivity contribution in [2.75, 3.05) is 43.6 Å². The van der Waals surface area contributed by atoms with Gasteiger partial charge in [-0.3, -0.25) is 0 Å². The normalized spacial score (nSPS) is 15.4. The fourth-order valence-electron chi connectivity index (χ4n) is 1.95. The Morgan fingerprint density at radius 3 is 3.13 bits per heavy atom. The number of benzene rings is 1. The van der Waals surface area contributed by atoms with Gasteiger partial charge in [-0.05, 0) is 18.6 Å². The van der Waals surface area contributed by atoms with Gasteiger partial charge in [0.05, 0.1) is 18.0 Å². The third kappa shape index (κ3) is 2.42. The third-order valence-corrected chi connectivity index (χ3v) is 2.73. The van der Waals surface area contributed by atoms with E-state index in [-0.39, 0.29) is 0 Å². The molecule has 0 aromatic heterocycles. The van der Waals surface area contributed by atoms with Crippen molar-refractivity contribution in [1.29, 1.82) is 0 Å². The Kier molecular flexibility index (Phi) is 3.45. The number of ether oxygens (including phenoxy) is 1. The molecule has 15 heavy (non-hydrogen) atoms. The van der Waals surface area contributed by atoms with E-state index in [9.17, 15) is 0 Å². The Bertz CT molecular complexity index is 314. The molecular formula is C12H18N2O. The van der Waals surface area contributed by atoms with E-state index in [0.717, 1.165) is 26.2 Å². The second kappa shape index (κ2) is 5.03. The van der Waals surface area contributed by atoms with Crippen LogP contribution in [0.4, 0.5) is 11.4 Å². The molecule has 0 bridgehead atoms. The lowest BCUT2D eigenvalue weighted by molar-refractivity contribution is 0.205. The molecule has 1 aliphatic heterocycles. The van der Waals surface area contributed by atoms with Crippen molar-refractivity contribution in [3.8, 4) is 0 Å². The second-order valence-corrected chi connectivity index (χ2v) is 3.78. The molecular weight excluding hydrogens is 188 g/mol. The van der Waals surface area contributed by atoms with Crippen LogP contribution in [0, 0.1) is 0 Å². The van der Waals surface area contributed by atoms with E-state index in [4.69, 9.17) is 4.74 Å². The fraction of sp³-hybridized carbons (Fsp3) is 0.500. The van der Waals surface area contributed by atoms with Gasteiger partial charge in [-0.15, -0.1) is 0 Å². The van der Waals surface area contributed by atoms with Crippen LogP contribution in [0.5, 0.6) is 0 Å². The van der Waals surface area contributed by atoms with Crippen LogP contribution in [-0.4, -0.2) is 33.4 Å². The van der Waals surface area contributed by atoms with E-state index in [0.29, 0.717) is 0 Å². The lowest BCUT2D eigenvalue weighted by Gasteiger charge is -2.23. The van der Waals surface area contributed by atoms with Gasteiger partial charge in [-0.2, -0.15) is 0 Å². The van der Waals surface area contributed by atoms with Crippen LogP contribution in [0.25, 0.3) is 0 Å².